The summed E-state index contributed by atoms with van der Waals surface area (Å²) in [5.74, 6) is -2.78. The van der Waals surface area contributed by atoms with Crippen LogP contribution in [0.4, 0.5) is 0 Å². The van der Waals surface area contributed by atoms with E-state index in [2.05, 4.69) is 9.88 Å². The van der Waals surface area contributed by atoms with Crippen molar-refractivity contribution in [2.24, 2.45) is 0 Å². The number of nitrogens with zero attached hydrogens (tertiary/aromatic N) is 4. The highest BCUT2D eigenvalue weighted by Gasteiger charge is 2.53. The van der Waals surface area contributed by atoms with Gasteiger partial charge in [0.1, 0.15) is 5.75 Å². The molecule has 1 N–H and O–H groups in total. The molecule has 8 rings (SSSR count). The molecule has 5 aromatic rings. The highest BCUT2D eigenvalue weighted by atomic mass is 35.5. The van der Waals surface area contributed by atoms with Crippen molar-refractivity contribution in [3.05, 3.63) is 124 Å². The summed E-state index contributed by atoms with van der Waals surface area (Å²) in [6, 6.07) is 21.0. The Bertz CT molecular complexity index is 2270. The van der Waals surface area contributed by atoms with Crippen LogP contribution in [0.1, 0.15) is 22.8 Å². The van der Waals surface area contributed by atoms with E-state index >= 15 is 0 Å². The maximum Gasteiger partial charge on any atom is 0.431 e. The third-order valence-corrected chi connectivity index (χ3v) is 10.1. The lowest BCUT2D eigenvalue weighted by Gasteiger charge is -2.39. The van der Waals surface area contributed by atoms with Crippen molar-refractivity contribution in [2.75, 3.05) is 33.0 Å². The van der Waals surface area contributed by atoms with Crippen LogP contribution in [-0.2, 0) is 42.7 Å². The number of aliphatic hydroxyl groups excluding tert-OH is 1. The lowest BCUT2D eigenvalue weighted by atomic mass is 10.0. The fraction of sp³-hybridized carbons (Fsp3) is 0.231. The molecular formula is C39H32Cl2N4O9. The Balaban J connectivity index is 0.977. The van der Waals surface area contributed by atoms with Gasteiger partial charge in [-0.2, -0.15) is 0 Å². The van der Waals surface area contributed by atoms with Gasteiger partial charge in [-0.05, 0) is 65.2 Å². The summed E-state index contributed by atoms with van der Waals surface area (Å²) in [5, 5.41) is 12.1. The van der Waals surface area contributed by atoms with Crippen LogP contribution in [0, 0.1) is 0 Å². The van der Waals surface area contributed by atoms with Gasteiger partial charge in [0.15, 0.2) is 11.5 Å². The normalized spacial score (nSPS) is 17.2. The van der Waals surface area contributed by atoms with Gasteiger partial charge in [0.2, 0.25) is 12.7 Å². The molecule has 5 heterocycles. The van der Waals surface area contributed by atoms with Crippen molar-refractivity contribution in [1.82, 2.24) is 19.4 Å². The van der Waals surface area contributed by atoms with E-state index in [9.17, 15) is 19.5 Å². The van der Waals surface area contributed by atoms with Gasteiger partial charge >= 0.3 is 23.8 Å². The van der Waals surface area contributed by atoms with E-state index in [1.54, 1.807) is 60.8 Å². The minimum absolute atomic E-state index is 0.196. The summed E-state index contributed by atoms with van der Waals surface area (Å²) in [6.45, 7) is 2.47. The van der Waals surface area contributed by atoms with E-state index in [0.717, 1.165) is 23.3 Å². The fourth-order valence-electron chi connectivity index (χ4n) is 6.61. The highest BCUT2D eigenvalue weighted by molar-refractivity contribution is 6.42. The van der Waals surface area contributed by atoms with E-state index in [1.807, 2.05) is 18.2 Å². The molecule has 3 aliphatic heterocycles. The molecule has 0 radical (unpaired) electrons. The number of carbonyl (C=O) groups excluding carboxylic acids is 3. The van der Waals surface area contributed by atoms with Crippen LogP contribution in [0.15, 0.2) is 97.3 Å². The molecule has 3 aliphatic rings. The number of amides is 1. The molecule has 1 fully saturated rings. The molecule has 276 valence electrons. The molecule has 1 saturated heterocycles. The molecule has 1 atom stereocenters. The maximum atomic E-state index is 14.4. The molecule has 54 heavy (non-hydrogen) atoms. The summed E-state index contributed by atoms with van der Waals surface area (Å²) in [6.07, 6.45) is 4.50. The average Bonchev–Trinajstić information content (AvgIpc) is 3.79. The van der Waals surface area contributed by atoms with Crippen LogP contribution in [0.5, 0.6) is 23.1 Å². The Morgan fingerprint density at radius 2 is 1.61 bits per heavy atom. The van der Waals surface area contributed by atoms with Crippen molar-refractivity contribution in [3.8, 4) is 23.1 Å². The number of carbonyl (C=O) groups is 3. The minimum Gasteiger partial charge on any atom is -0.454 e. The van der Waals surface area contributed by atoms with Gasteiger partial charge in [-0.1, -0.05) is 41.4 Å². The number of fused-ring (bicyclic) bond motifs is 2. The number of hydrogen-bond acceptors (Lipinski definition) is 11. The van der Waals surface area contributed by atoms with Crippen LogP contribution in [-0.4, -0.2) is 75.3 Å². The molecule has 13 nitrogen and oxygen atoms in total. The van der Waals surface area contributed by atoms with Crippen molar-refractivity contribution >= 4 is 52.0 Å². The minimum atomic E-state index is -2.43. The van der Waals surface area contributed by atoms with Crippen LogP contribution in [0.25, 0.3) is 10.9 Å². The number of rotatable bonds is 9. The van der Waals surface area contributed by atoms with Crippen molar-refractivity contribution in [1.29, 1.82) is 0 Å². The zero-order valence-electron chi connectivity index (χ0n) is 28.5. The van der Waals surface area contributed by atoms with Gasteiger partial charge in [-0.3, -0.25) is 14.3 Å². The van der Waals surface area contributed by atoms with E-state index in [1.165, 1.54) is 15.7 Å². The number of esters is 2. The first-order valence-corrected chi connectivity index (χ1v) is 17.8. The van der Waals surface area contributed by atoms with E-state index < -0.39 is 29.9 Å². The van der Waals surface area contributed by atoms with E-state index in [0.29, 0.717) is 88.8 Å². The molecule has 15 heteroatoms. The number of pyridine rings is 1. The molecule has 2 aromatic heterocycles. The first-order chi connectivity index (χ1) is 26.1. The second-order valence-corrected chi connectivity index (χ2v) is 13.7. The molecule has 3 aromatic carbocycles. The van der Waals surface area contributed by atoms with E-state index in [-0.39, 0.29) is 6.79 Å². The number of aliphatic hydroxyl groups is 1. The molecule has 0 bridgehead atoms. The maximum absolute atomic E-state index is 14.4. The third-order valence-electron chi connectivity index (χ3n) is 9.36. The SMILES string of the molecule is O=C1C=CC(=O)OC(C(=O)N2CCN(Cc3ccc4c(c3)OCO4)CC2)(n2ccc3cc(Oc4ccc(CC(O)c5ccc(Cl)c(Cl)c5)cn4)ccc32)O1. The number of cyclic esters (lactones) is 2. The second-order valence-electron chi connectivity index (χ2n) is 12.9. The Morgan fingerprint density at radius 1 is 0.852 bits per heavy atom. The van der Waals surface area contributed by atoms with Crippen molar-refractivity contribution in [2.45, 2.75) is 25.0 Å². The van der Waals surface area contributed by atoms with Gasteiger partial charge in [0.05, 0.1) is 21.7 Å². The third kappa shape index (κ3) is 7.18. The number of benzene rings is 3. The van der Waals surface area contributed by atoms with Gasteiger partial charge < -0.3 is 33.7 Å². The van der Waals surface area contributed by atoms with Crippen LogP contribution in [0.3, 0.4) is 0 Å². The van der Waals surface area contributed by atoms with Crippen molar-refractivity contribution < 1.29 is 43.2 Å². The predicted octanol–water partition coefficient (Wildman–Crippen LogP) is 5.75. The average molecular weight is 772 g/mol. The van der Waals surface area contributed by atoms with Gasteiger partial charge in [0, 0.05) is 75.1 Å². The van der Waals surface area contributed by atoms with Gasteiger partial charge in [0.25, 0.3) is 0 Å². The van der Waals surface area contributed by atoms with Gasteiger partial charge in [-0.15, -0.1) is 0 Å². The largest absolute Gasteiger partial charge is 0.454 e. The lowest BCUT2D eigenvalue weighted by Crippen LogP contribution is -2.59. The summed E-state index contributed by atoms with van der Waals surface area (Å²) < 4.78 is 29.7. The Morgan fingerprint density at radius 3 is 2.35 bits per heavy atom. The summed E-state index contributed by atoms with van der Waals surface area (Å²) >= 11 is 12.1. The lowest BCUT2D eigenvalue weighted by molar-refractivity contribution is -0.256. The molecule has 1 unspecified atom stereocenters. The number of ether oxygens (including phenoxy) is 5. The fourth-order valence-corrected chi connectivity index (χ4v) is 6.91. The topological polar surface area (TPSA) is 142 Å². The zero-order valence-corrected chi connectivity index (χ0v) is 30.0. The van der Waals surface area contributed by atoms with Crippen molar-refractivity contribution in [3.63, 3.8) is 0 Å². The summed E-state index contributed by atoms with van der Waals surface area (Å²) in [7, 11) is 0. The standard InChI is InChI=1S/C39H32Cl2N4O9/c40-29-5-3-27(20-30(29)41)32(46)17-24-2-8-35(42-21-24)52-28-4-6-31-26(19-28)11-12-45(31)39(53-36(47)9-10-37(48)54-39)38(49)44-15-13-43(14-16-44)22-25-1-7-33-34(18-25)51-23-50-33/h1-12,18-21,32,46H,13-17,22-23H2. The quantitative estimate of drug-likeness (QED) is 0.183. The first-order valence-electron chi connectivity index (χ1n) is 17.1. The summed E-state index contributed by atoms with van der Waals surface area (Å²) in [4.78, 5) is 48.2. The monoisotopic (exact) mass is 770 g/mol. The highest BCUT2D eigenvalue weighted by Crippen LogP contribution is 2.36. The Labute approximate surface area is 318 Å². The van der Waals surface area contributed by atoms with Gasteiger partial charge in [-0.25, -0.2) is 14.6 Å². The Kier molecular flexibility index (Phi) is 9.63. The van der Waals surface area contributed by atoms with Crippen LogP contribution < -0.4 is 14.2 Å². The molecule has 1 amide bonds. The smallest absolute Gasteiger partial charge is 0.431 e. The molecular weight excluding hydrogens is 739 g/mol. The first kappa shape index (κ1) is 35.4. The molecule has 0 saturated carbocycles. The number of piperazine rings is 1. The molecule has 0 aliphatic carbocycles. The number of hydrogen-bond donors (Lipinski definition) is 1. The van der Waals surface area contributed by atoms with E-state index in [4.69, 9.17) is 46.9 Å². The second kappa shape index (κ2) is 14.7. The Hall–Kier alpha value is -5.60. The van der Waals surface area contributed by atoms with Crippen LogP contribution >= 0.6 is 23.2 Å². The number of aromatic nitrogens is 2. The predicted molar refractivity (Wildman–Crippen MR) is 195 cm³/mol. The van der Waals surface area contributed by atoms with Crippen LogP contribution in [0.2, 0.25) is 10.0 Å². The number of halogens is 2. The zero-order chi connectivity index (χ0) is 37.4. The summed E-state index contributed by atoms with van der Waals surface area (Å²) in [5.41, 5.74) is 2.89. The molecule has 0 spiro atoms.